The van der Waals surface area contributed by atoms with E-state index in [-0.39, 0.29) is 45.9 Å². The lowest BCUT2D eigenvalue weighted by Gasteiger charge is -2.30. The molecule has 2 fully saturated rings. The van der Waals surface area contributed by atoms with Gasteiger partial charge < -0.3 is 31.1 Å². The maximum absolute atomic E-state index is 14.5. The second-order valence-electron chi connectivity index (χ2n) is 18.6. The summed E-state index contributed by atoms with van der Waals surface area (Å²) in [5, 5.41) is 16.0. The Morgan fingerprint density at radius 3 is 1.77 bits per heavy atom. The molecule has 3 aromatic carbocycles. The van der Waals surface area contributed by atoms with Crippen molar-refractivity contribution in [1.29, 1.82) is 0 Å². The van der Waals surface area contributed by atoms with Gasteiger partial charge in [-0.3, -0.25) is 19.2 Å². The van der Waals surface area contributed by atoms with Crippen LogP contribution in [-0.4, -0.2) is 95.3 Å². The van der Waals surface area contributed by atoms with Gasteiger partial charge in [-0.2, -0.15) is 10.5 Å². The van der Waals surface area contributed by atoms with Crippen molar-refractivity contribution in [2.24, 2.45) is 11.8 Å². The number of nitrogens with one attached hydrogen (secondary N) is 4. The van der Waals surface area contributed by atoms with E-state index >= 15 is 0 Å². The molecule has 71 heavy (non-hydrogen) atoms. The molecule has 7 rings (SSSR count). The molecule has 13 heteroatoms. The number of amides is 4. The third-order valence-corrected chi connectivity index (χ3v) is 16.9. The van der Waals surface area contributed by atoms with Crippen LogP contribution in [0.15, 0.2) is 132 Å². The van der Waals surface area contributed by atoms with Crippen LogP contribution in [0.25, 0.3) is 16.0 Å². The van der Waals surface area contributed by atoms with Gasteiger partial charge in [-0.25, -0.2) is 4.98 Å². The molecule has 3 atom stereocenters. The van der Waals surface area contributed by atoms with Crippen molar-refractivity contribution in [3.63, 3.8) is 0 Å². The third kappa shape index (κ3) is 14.5. The van der Waals surface area contributed by atoms with E-state index in [1.165, 1.54) is 21.6 Å². The summed E-state index contributed by atoms with van der Waals surface area (Å²) in [6, 6.07) is 26.4. The van der Waals surface area contributed by atoms with Crippen molar-refractivity contribution in [2.45, 2.75) is 90.8 Å². The topological polar surface area (TPSA) is 136 Å². The quantitative estimate of drug-likeness (QED) is 0.0455. The zero-order valence-corrected chi connectivity index (χ0v) is 43.5. The first-order valence-corrected chi connectivity index (χ1v) is 28.0. The van der Waals surface area contributed by atoms with Crippen LogP contribution < -0.4 is 21.3 Å². The SMILES string of the molecule is C=CC=S(CCN(CCC)C(=O)C(NC(=O)C1CCNCC1)c1ccccc1)C(=CC)C1=CC=C(c2ccc(-c3cnc(CN(CCC)C(=O)C(NC(=O)C4CCNCC4)c4ccccc4)s3)cc2)CC1. The number of allylic oxidation sites excluding steroid dienone is 6. The minimum atomic E-state index is -0.766. The average Bonchev–Trinajstić information content (AvgIpc) is 3.90. The first kappa shape index (κ1) is 53.1. The van der Waals surface area contributed by atoms with Gasteiger partial charge >= 0.3 is 0 Å². The summed E-state index contributed by atoms with van der Waals surface area (Å²) >= 11 is 1.59. The molecular formula is C58H73N7O4S2. The molecule has 11 nitrogen and oxygen atoms in total. The van der Waals surface area contributed by atoms with Gasteiger partial charge in [0.1, 0.15) is 17.1 Å². The Morgan fingerprint density at radius 2 is 1.27 bits per heavy atom. The predicted octanol–water partition coefficient (Wildman–Crippen LogP) is 9.77. The minimum Gasteiger partial charge on any atom is -0.340 e. The molecular weight excluding hydrogens is 923 g/mol. The highest BCUT2D eigenvalue weighted by atomic mass is 32.2. The van der Waals surface area contributed by atoms with Crippen LogP contribution in [0.3, 0.4) is 0 Å². The Labute approximate surface area is 428 Å². The number of nitrogens with zero attached hydrogens (tertiary/aromatic N) is 3. The molecule has 3 aliphatic rings. The average molecular weight is 996 g/mol. The molecule has 1 aromatic heterocycles. The molecule has 2 saturated heterocycles. The summed E-state index contributed by atoms with van der Waals surface area (Å²) in [6.45, 7) is 15.6. The lowest BCUT2D eigenvalue weighted by molar-refractivity contribution is -0.138. The second kappa shape index (κ2) is 27.2. The monoisotopic (exact) mass is 996 g/mol. The van der Waals surface area contributed by atoms with Crippen LogP contribution >= 0.6 is 21.8 Å². The van der Waals surface area contributed by atoms with Gasteiger partial charge in [0.25, 0.3) is 0 Å². The molecule has 0 saturated carbocycles. The molecule has 3 heterocycles. The van der Waals surface area contributed by atoms with Crippen LogP contribution in [0.2, 0.25) is 0 Å². The summed E-state index contributed by atoms with van der Waals surface area (Å²) in [4.78, 5) is 66.6. The number of rotatable bonds is 22. The van der Waals surface area contributed by atoms with Gasteiger partial charge in [-0.15, -0.1) is 11.3 Å². The largest absolute Gasteiger partial charge is 0.340 e. The normalized spacial score (nSPS) is 17.0. The number of carbonyl (C=O) groups excluding carboxylic acids is 4. The lowest BCUT2D eigenvalue weighted by Crippen LogP contribution is -2.47. The van der Waals surface area contributed by atoms with Gasteiger partial charge in [-0.05, 0) is 123 Å². The molecule has 4 amide bonds. The molecule has 4 N–H and O–H groups in total. The van der Waals surface area contributed by atoms with Crippen molar-refractivity contribution in [3.8, 4) is 10.4 Å². The molecule has 4 aromatic rings. The van der Waals surface area contributed by atoms with Gasteiger partial charge in [0, 0.05) is 48.3 Å². The summed E-state index contributed by atoms with van der Waals surface area (Å²) in [6.07, 6.45) is 17.0. The van der Waals surface area contributed by atoms with E-state index < -0.39 is 12.1 Å². The Morgan fingerprint density at radius 1 is 0.732 bits per heavy atom. The van der Waals surface area contributed by atoms with Gasteiger partial charge in [0.2, 0.25) is 23.6 Å². The van der Waals surface area contributed by atoms with Gasteiger partial charge in [0.15, 0.2) is 0 Å². The minimum absolute atomic E-state index is 0.0479. The van der Waals surface area contributed by atoms with E-state index in [9.17, 15) is 19.2 Å². The third-order valence-electron chi connectivity index (χ3n) is 13.6. The Kier molecular flexibility index (Phi) is 20.3. The number of thiazole rings is 1. The van der Waals surface area contributed by atoms with Crippen LogP contribution in [0.4, 0.5) is 0 Å². The molecule has 1 aliphatic carbocycles. The van der Waals surface area contributed by atoms with E-state index in [4.69, 9.17) is 4.98 Å². The van der Waals surface area contributed by atoms with Crippen molar-refractivity contribution in [2.75, 3.05) is 51.6 Å². The van der Waals surface area contributed by atoms with Gasteiger partial charge in [0.05, 0.1) is 11.4 Å². The van der Waals surface area contributed by atoms with Crippen molar-refractivity contribution >= 4 is 56.4 Å². The molecule has 0 bridgehead atoms. The molecule has 0 radical (unpaired) electrons. The van der Waals surface area contributed by atoms with Crippen molar-refractivity contribution in [3.05, 3.63) is 154 Å². The van der Waals surface area contributed by atoms with Crippen LogP contribution in [0, 0.1) is 11.8 Å². The lowest BCUT2D eigenvalue weighted by atomic mass is 9.92. The van der Waals surface area contributed by atoms with Crippen LogP contribution in [0.1, 0.15) is 106 Å². The second-order valence-corrected chi connectivity index (χ2v) is 21.7. The zero-order valence-electron chi connectivity index (χ0n) is 41.9. The first-order chi connectivity index (χ1) is 34.7. The van der Waals surface area contributed by atoms with Crippen LogP contribution in [0.5, 0.6) is 0 Å². The number of benzene rings is 3. The number of carbonyl (C=O) groups is 4. The van der Waals surface area contributed by atoms with E-state index in [0.717, 1.165) is 110 Å². The highest BCUT2D eigenvalue weighted by Crippen LogP contribution is 2.39. The zero-order chi connectivity index (χ0) is 50.0. The summed E-state index contributed by atoms with van der Waals surface area (Å²) < 4.78 is 0. The van der Waals surface area contributed by atoms with E-state index in [1.54, 1.807) is 11.3 Å². The Bertz CT molecular complexity index is 2540. The maximum atomic E-state index is 14.5. The fourth-order valence-electron chi connectivity index (χ4n) is 9.75. The number of hydrogen-bond donors (Lipinski definition) is 4. The van der Waals surface area contributed by atoms with Crippen LogP contribution in [-0.2, 0) is 25.7 Å². The standard InChI is InChI=1S/C58H73N7O4S2/c1-5-35-64(57(68)53(46-15-11-9-12-16-46)62-55(66)48-27-31-59-32-28-48)37-39-71(38-7-3)51(8-4)45-25-21-43(22-26-45)42-19-23-44(24-20-42)50-40-61-52(70-50)41-65(36-6-2)58(69)54(47-17-13-10-14-18-47)63-56(67)49-29-33-60-34-30-49/h7-21,23-25,38,40,48-49,53-54,59-60H,3,5-6,22,26-37,39,41H2,1-2,4H3,(H,62,66)(H,63,67). The highest BCUT2D eigenvalue weighted by Gasteiger charge is 2.33. The van der Waals surface area contributed by atoms with Crippen molar-refractivity contribution in [1.82, 2.24) is 36.1 Å². The summed E-state index contributed by atoms with van der Waals surface area (Å²) in [5.74, 6) is 0.250. The molecule has 3 unspecified atom stereocenters. The Balaban J connectivity index is 0.996. The molecule has 0 spiro atoms. The summed E-state index contributed by atoms with van der Waals surface area (Å²) in [5.41, 5.74) is 6.41. The summed E-state index contributed by atoms with van der Waals surface area (Å²) in [7, 11) is -0.287. The smallest absolute Gasteiger partial charge is 0.250 e. The molecule has 2 aliphatic heterocycles. The number of hydrogen-bond acceptors (Lipinski definition) is 8. The van der Waals surface area contributed by atoms with E-state index in [1.807, 2.05) is 82.7 Å². The van der Waals surface area contributed by atoms with E-state index in [2.05, 4.69) is 96.5 Å². The predicted molar refractivity (Wildman–Crippen MR) is 294 cm³/mol. The maximum Gasteiger partial charge on any atom is 0.250 e. The fourth-order valence-corrected chi connectivity index (χ4v) is 12.7. The number of piperidine rings is 2. The first-order valence-electron chi connectivity index (χ1n) is 25.7. The van der Waals surface area contributed by atoms with Gasteiger partial charge in [-0.1, -0.05) is 130 Å². The highest BCUT2D eigenvalue weighted by molar-refractivity contribution is 8.18. The van der Waals surface area contributed by atoms with E-state index in [0.29, 0.717) is 26.2 Å². The Hall–Kier alpha value is -5.73. The fraction of sp³-hybridized carbons (Fsp3) is 0.414. The van der Waals surface area contributed by atoms with Crippen molar-refractivity contribution < 1.29 is 19.2 Å². The number of aromatic nitrogens is 1. The molecule has 376 valence electrons.